The van der Waals surface area contributed by atoms with Crippen LogP contribution in [0.3, 0.4) is 0 Å². The maximum absolute atomic E-state index is 11.8. The second kappa shape index (κ2) is 7.47. The highest BCUT2D eigenvalue weighted by Crippen LogP contribution is 2.34. The predicted molar refractivity (Wildman–Crippen MR) is 86.4 cm³/mol. The summed E-state index contributed by atoms with van der Waals surface area (Å²) in [4.78, 5) is 0. The third-order valence-electron chi connectivity index (χ3n) is 4.87. The molecule has 0 spiro atoms. The molecule has 0 aliphatic heterocycles. The van der Waals surface area contributed by atoms with Crippen LogP contribution in [-0.2, 0) is 9.84 Å². The second-order valence-electron chi connectivity index (χ2n) is 6.39. The Morgan fingerprint density at radius 3 is 2.50 bits per heavy atom. The van der Waals surface area contributed by atoms with E-state index >= 15 is 0 Å². The zero-order valence-electron chi connectivity index (χ0n) is 12.4. The lowest BCUT2D eigenvalue weighted by Gasteiger charge is -2.33. The van der Waals surface area contributed by atoms with E-state index in [0.717, 1.165) is 36.7 Å². The molecule has 3 unspecified atom stereocenters. The van der Waals surface area contributed by atoms with E-state index in [1.807, 2.05) is 11.8 Å². The summed E-state index contributed by atoms with van der Waals surface area (Å²) in [6.07, 6.45) is 10.5. The van der Waals surface area contributed by atoms with Gasteiger partial charge in [0.1, 0.15) is 9.84 Å². The molecule has 4 nitrogen and oxygen atoms in total. The van der Waals surface area contributed by atoms with E-state index in [4.69, 9.17) is 5.84 Å². The Bertz CT molecular complexity index is 394. The van der Waals surface area contributed by atoms with Crippen molar-refractivity contribution in [3.63, 3.8) is 0 Å². The molecular formula is C14H28N2O2S2. The first-order chi connectivity index (χ1) is 9.50. The fourth-order valence-corrected chi connectivity index (χ4v) is 6.26. The number of hydrogen-bond acceptors (Lipinski definition) is 5. The molecule has 20 heavy (non-hydrogen) atoms. The average molecular weight is 321 g/mol. The van der Waals surface area contributed by atoms with Crippen LogP contribution in [0.4, 0.5) is 0 Å². The Balaban J connectivity index is 1.86. The van der Waals surface area contributed by atoms with Crippen molar-refractivity contribution in [1.29, 1.82) is 0 Å². The minimum atomic E-state index is -2.91. The van der Waals surface area contributed by atoms with Gasteiger partial charge in [-0.15, -0.1) is 0 Å². The van der Waals surface area contributed by atoms with Gasteiger partial charge in [-0.2, -0.15) is 11.8 Å². The SMILES string of the molecule is CS(=O)(=O)C1CCCC(C(CSC2CCCC2)NN)C1. The van der Waals surface area contributed by atoms with Crippen LogP contribution in [0.15, 0.2) is 0 Å². The van der Waals surface area contributed by atoms with Gasteiger partial charge in [0.2, 0.25) is 0 Å². The van der Waals surface area contributed by atoms with Gasteiger partial charge in [-0.25, -0.2) is 8.42 Å². The lowest BCUT2D eigenvalue weighted by molar-refractivity contribution is 0.288. The van der Waals surface area contributed by atoms with Gasteiger partial charge >= 0.3 is 0 Å². The fourth-order valence-electron chi connectivity index (χ4n) is 3.55. The van der Waals surface area contributed by atoms with Crippen LogP contribution < -0.4 is 11.3 Å². The summed E-state index contributed by atoms with van der Waals surface area (Å²) < 4.78 is 23.5. The molecule has 2 fully saturated rings. The predicted octanol–water partition coefficient (Wildman–Crippen LogP) is 2.10. The molecule has 3 atom stereocenters. The highest BCUT2D eigenvalue weighted by Gasteiger charge is 2.33. The fraction of sp³-hybridized carbons (Fsp3) is 1.00. The van der Waals surface area contributed by atoms with Crippen LogP contribution in [0.25, 0.3) is 0 Å². The molecule has 0 radical (unpaired) electrons. The Labute approximate surface area is 127 Å². The molecule has 0 aromatic carbocycles. The van der Waals surface area contributed by atoms with Gasteiger partial charge in [0.25, 0.3) is 0 Å². The molecule has 3 N–H and O–H groups in total. The Kier molecular flexibility index (Phi) is 6.20. The molecule has 118 valence electrons. The summed E-state index contributed by atoms with van der Waals surface area (Å²) in [5, 5.41) is 0.633. The quantitative estimate of drug-likeness (QED) is 0.579. The Morgan fingerprint density at radius 2 is 1.90 bits per heavy atom. The van der Waals surface area contributed by atoms with Gasteiger partial charge in [-0.3, -0.25) is 11.3 Å². The second-order valence-corrected chi connectivity index (χ2v) is 10.1. The molecule has 0 amide bonds. The molecular weight excluding hydrogens is 292 g/mol. The molecule has 2 saturated carbocycles. The number of sulfone groups is 1. The van der Waals surface area contributed by atoms with E-state index in [-0.39, 0.29) is 11.3 Å². The summed E-state index contributed by atoms with van der Waals surface area (Å²) >= 11 is 2.03. The van der Waals surface area contributed by atoms with E-state index in [9.17, 15) is 8.42 Å². The minimum Gasteiger partial charge on any atom is -0.271 e. The van der Waals surface area contributed by atoms with Crippen LogP contribution >= 0.6 is 11.8 Å². The van der Waals surface area contributed by atoms with Crippen molar-refractivity contribution < 1.29 is 8.42 Å². The van der Waals surface area contributed by atoms with Crippen LogP contribution in [0.5, 0.6) is 0 Å². The van der Waals surface area contributed by atoms with Crippen molar-refractivity contribution in [2.75, 3.05) is 12.0 Å². The maximum atomic E-state index is 11.8. The Morgan fingerprint density at radius 1 is 1.20 bits per heavy atom. The van der Waals surface area contributed by atoms with Crippen molar-refractivity contribution in [3.05, 3.63) is 0 Å². The van der Waals surface area contributed by atoms with Gasteiger partial charge in [-0.1, -0.05) is 19.3 Å². The van der Waals surface area contributed by atoms with E-state index in [1.165, 1.54) is 31.9 Å². The van der Waals surface area contributed by atoms with Crippen molar-refractivity contribution >= 4 is 21.6 Å². The molecule has 2 aliphatic rings. The summed E-state index contributed by atoms with van der Waals surface area (Å²) in [7, 11) is -2.91. The molecule has 6 heteroatoms. The average Bonchev–Trinajstić information content (AvgIpc) is 2.92. The summed E-state index contributed by atoms with van der Waals surface area (Å²) in [6, 6.07) is 0.255. The molecule has 0 aromatic rings. The monoisotopic (exact) mass is 320 g/mol. The number of nitrogens with one attached hydrogen (secondary N) is 1. The number of hydrogen-bond donors (Lipinski definition) is 2. The van der Waals surface area contributed by atoms with Gasteiger partial charge in [0.05, 0.1) is 5.25 Å². The summed E-state index contributed by atoms with van der Waals surface area (Å²) in [6.45, 7) is 0. The van der Waals surface area contributed by atoms with E-state index in [1.54, 1.807) is 0 Å². The van der Waals surface area contributed by atoms with Crippen LogP contribution in [0, 0.1) is 5.92 Å². The molecule has 0 saturated heterocycles. The van der Waals surface area contributed by atoms with E-state index in [0.29, 0.717) is 5.92 Å². The smallest absolute Gasteiger partial charge is 0.150 e. The lowest BCUT2D eigenvalue weighted by atomic mass is 9.84. The first-order valence-corrected chi connectivity index (χ1v) is 10.8. The third-order valence-corrected chi connectivity index (χ3v) is 8.00. The molecule has 0 aromatic heterocycles. The molecule has 2 rings (SSSR count). The van der Waals surface area contributed by atoms with Gasteiger partial charge in [-0.05, 0) is 38.0 Å². The molecule has 0 bridgehead atoms. The van der Waals surface area contributed by atoms with Crippen molar-refractivity contribution in [2.45, 2.75) is 67.9 Å². The number of rotatable bonds is 6. The van der Waals surface area contributed by atoms with E-state index < -0.39 is 9.84 Å². The minimum absolute atomic E-state index is 0.159. The highest BCUT2D eigenvalue weighted by atomic mass is 32.2. The van der Waals surface area contributed by atoms with Crippen molar-refractivity contribution in [3.8, 4) is 0 Å². The molecule has 2 aliphatic carbocycles. The van der Waals surface area contributed by atoms with Crippen LogP contribution in [-0.4, -0.2) is 37.0 Å². The number of thioether (sulfide) groups is 1. The largest absolute Gasteiger partial charge is 0.271 e. The van der Waals surface area contributed by atoms with Crippen LogP contribution in [0.2, 0.25) is 0 Å². The summed E-state index contributed by atoms with van der Waals surface area (Å²) in [5.41, 5.74) is 2.95. The Hall–Kier alpha value is 0.220. The number of hydrazine groups is 1. The van der Waals surface area contributed by atoms with Gasteiger partial charge in [0.15, 0.2) is 0 Å². The standard InChI is InChI=1S/C14H28N2O2S2/c1-20(17,18)13-8-4-5-11(9-13)14(16-15)10-19-12-6-2-3-7-12/h11-14,16H,2-10,15H2,1H3. The normalized spacial score (nSPS) is 30.5. The lowest BCUT2D eigenvalue weighted by Crippen LogP contribution is -2.46. The first-order valence-electron chi connectivity index (χ1n) is 7.77. The first kappa shape index (κ1) is 16.6. The van der Waals surface area contributed by atoms with Gasteiger partial charge < -0.3 is 0 Å². The van der Waals surface area contributed by atoms with Crippen molar-refractivity contribution in [2.24, 2.45) is 11.8 Å². The van der Waals surface area contributed by atoms with Gasteiger partial charge in [0, 0.05) is 23.3 Å². The highest BCUT2D eigenvalue weighted by molar-refractivity contribution is 7.99. The van der Waals surface area contributed by atoms with Crippen molar-refractivity contribution in [1.82, 2.24) is 5.43 Å². The summed E-state index contributed by atoms with van der Waals surface area (Å²) in [5.74, 6) is 7.15. The third kappa shape index (κ3) is 4.61. The maximum Gasteiger partial charge on any atom is 0.150 e. The van der Waals surface area contributed by atoms with E-state index in [2.05, 4.69) is 5.43 Å². The topological polar surface area (TPSA) is 72.2 Å². The zero-order valence-corrected chi connectivity index (χ0v) is 14.0. The van der Waals surface area contributed by atoms with Crippen LogP contribution in [0.1, 0.15) is 51.4 Å². The zero-order chi connectivity index (χ0) is 14.6. The number of nitrogens with two attached hydrogens (primary N) is 1. The molecule has 0 heterocycles.